The summed E-state index contributed by atoms with van der Waals surface area (Å²) in [4.78, 5) is 40.6. The lowest BCUT2D eigenvalue weighted by atomic mass is 10.1. The number of halogens is 1. The number of rotatable bonds is 6. The summed E-state index contributed by atoms with van der Waals surface area (Å²) >= 11 is 0.821. The molecule has 0 bridgehead atoms. The van der Waals surface area contributed by atoms with Crippen LogP contribution in [0.25, 0.3) is 6.08 Å². The van der Waals surface area contributed by atoms with Crippen LogP contribution < -0.4 is 4.74 Å². The molecule has 0 radical (unpaired) electrons. The highest BCUT2D eigenvalue weighted by atomic mass is 32.2. The molecule has 166 valence electrons. The fourth-order valence-corrected chi connectivity index (χ4v) is 4.48. The zero-order valence-electron chi connectivity index (χ0n) is 17.5. The molecule has 8 heteroatoms. The van der Waals surface area contributed by atoms with Gasteiger partial charge in [-0.2, -0.15) is 0 Å². The Bertz CT molecular complexity index is 1070. The minimum atomic E-state index is -0.469. The molecule has 2 aromatic rings. The summed E-state index contributed by atoms with van der Waals surface area (Å²) in [6, 6.07) is 13.4. The molecule has 0 aliphatic carbocycles. The van der Waals surface area contributed by atoms with Crippen LogP contribution in [0.3, 0.4) is 0 Å². The highest BCUT2D eigenvalue weighted by molar-refractivity contribution is 8.18. The summed E-state index contributed by atoms with van der Waals surface area (Å²) in [6.45, 7) is 1.19. The average molecular weight is 455 g/mol. The SMILES string of the molecule is O=C(CN1C(=O)S/C(=C/c2cccc(OCc3ccccc3F)c2)C1=O)N1CCCCC1. The number of ether oxygens (including phenoxy) is 1. The smallest absolute Gasteiger partial charge is 0.294 e. The van der Waals surface area contributed by atoms with Gasteiger partial charge in [0.15, 0.2) is 0 Å². The number of amides is 3. The summed E-state index contributed by atoms with van der Waals surface area (Å²) < 4.78 is 19.5. The highest BCUT2D eigenvalue weighted by Gasteiger charge is 2.37. The summed E-state index contributed by atoms with van der Waals surface area (Å²) in [7, 11) is 0. The number of benzene rings is 2. The molecule has 2 aliphatic heterocycles. The largest absolute Gasteiger partial charge is 0.489 e. The van der Waals surface area contributed by atoms with Crippen molar-refractivity contribution in [3.8, 4) is 5.75 Å². The van der Waals surface area contributed by atoms with Crippen LogP contribution in [0.4, 0.5) is 9.18 Å². The van der Waals surface area contributed by atoms with Crippen molar-refractivity contribution in [1.82, 2.24) is 9.80 Å². The van der Waals surface area contributed by atoms with Crippen molar-refractivity contribution in [2.75, 3.05) is 19.6 Å². The Labute approximate surface area is 190 Å². The summed E-state index contributed by atoms with van der Waals surface area (Å²) in [5.74, 6) is -0.488. The van der Waals surface area contributed by atoms with E-state index in [4.69, 9.17) is 4.74 Å². The number of carbonyl (C=O) groups excluding carboxylic acids is 3. The predicted octanol–water partition coefficient (Wildman–Crippen LogP) is 4.45. The van der Waals surface area contributed by atoms with E-state index in [1.54, 1.807) is 53.4 Å². The van der Waals surface area contributed by atoms with Gasteiger partial charge in [0.25, 0.3) is 11.1 Å². The minimum Gasteiger partial charge on any atom is -0.489 e. The fraction of sp³-hybridized carbons (Fsp3) is 0.292. The van der Waals surface area contributed by atoms with Crippen LogP contribution in [0.2, 0.25) is 0 Å². The molecule has 0 N–H and O–H groups in total. The van der Waals surface area contributed by atoms with Gasteiger partial charge in [-0.1, -0.05) is 30.3 Å². The molecule has 6 nitrogen and oxygen atoms in total. The van der Waals surface area contributed by atoms with Gasteiger partial charge in [0.1, 0.15) is 24.7 Å². The molecule has 0 saturated carbocycles. The second kappa shape index (κ2) is 9.99. The van der Waals surface area contributed by atoms with Crippen LogP contribution >= 0.6 is 11.8 Å². The van der Waals surface area contributed by atoms with Crippen molar-refractivity contribution in [3.05, 3.63) is 70.4 Å². The number of piperidine rings is 1. The number of imide groups is 1. The minimum absolute atomic E-state index is 0.0747. The molecular formula is C24H23FN2O4S. The van der Waals surface area contributed by atoms with E-state index in [9.17, 15) is 18.8 Å². The Morgan fingerprint density at radius 3 is 2.62 bits per heavy atom. The molecule has 2 heterocycles. The Morgan fingerprint density at radius 2 is 1.84 bits per heavy atom. The molecule has 32 heavy (non-hydrogen) atoms. The maximum atomic E-state index is 13.8. The maximum absolute atomic E-state index is 13.8. The van der Waals surface area contributed by atoms with Crippen molar-refractivity contribution in [1.29, 1.82) is 0 Å². The zero-order chi connectivity index (χ0) is 22.5. The number of carbonyl (C=O) groups is 3. The summed E-state index contributed by atoms with van der Waals surface area (Å²) in [5, 5.41) is -0.446. The Balaban J connectivity index is 1.41. The van der Waals surface area contributed by atoms with Gasteiger partial charge < -0.3 is 9.64 Å². The lowest BCUT2D eigenvalue weighted by molar-refractivity contribution is -0.136. The first-order valence-corrected chi connectivity index (χ1v) is 11.3. The monoisotopic (exact) mass is 454 g/mol. The van der Waals surface area contributed by atoms with Crippen molar-refractivity contribution in [2.24, 2.45) is 0 Å². The van der Waals surface area contributed by atoms with Gasteiger partial charge in [-0.3, -0.25) is 19.3 Å². The second-order valence-corrected chi connectivity index (χ2v) is 8.66. The van der Waals surface area contributed by atoms with Gasteiger partial charge in [-0.25, -0.2) is 4.39 Å². The van der Waals surface area contributed by atoms with Crippen molar-refractivity contribution in [2.45, 2.75) is 25.9 Å². The van der Waals surface area contributed by atoms with E-state index in [1.807, 2.05) is 0 Å². The number of hydrogen-bond acceptors (Lipinski definition) is 5. The molecule has 3 amide bonds. The molecule has 2 aromatic carbocycles. The van der Waals surface area contributed by atoms with Gasteiger partial charge >= 0.3 is 0 Å². The van der Waals surface area contributed by atoms with E-state index in [1.165, 1.54) is 6.07 Å². The van der Waals surface area contributed by atoms with Gasteiger partial charge in [-0.15, -0.1) is 0 Å². The molecule has 0 aromatic heterocycles. The molecule has 4 rings (SSSR count). The fourth-order valence-electron chi connectivity index (χ4n) is 3.64. The quantitative estimate of drug-likeness (QED) is 0.603. The predicted molar refractivity (Wildman–Crippen MR) is 120 cm³/mol. The van der Waals surface area contributed by atoms with E-state index < -0.39 is 11.1 Å². The topological polar surface area (TPSA) is 66.9 Å². The maximum Gasteiger partial charge on any atom is 0.294 e. The van der Waals surface area contributed by atoms with Crippen LogP contribution in [-0.2, 0) is 16.2 Å². The molecule has 0 atom stereocenters. The third-order valence-corrected chi connectivity index (χ3v) is 6.29. The average Bonchev–Trinajstić information content (AvgIpc) is 3.06. The van der Waals surface area contributed by atoms with Crippen LogP contribution in [-0.4, -0.2) is 46.5 Å². The van der Waals surface area contributed by atoms with E-state index in [-0.39, 0.29) is 29.8 Å². The number of nitrogens with zero attached hydrogens (tertiary/aromatic N) is 2. The third-order valence-electron chi connectivity index (χ3n) is 5.38. The summed E-state index contributed by atoms with van der Waals surface area (Å²) in [5.41, 5.74) is 1.11. The van der Waals surface area contributed by atoms with E-state index in [0.29, 0.717) is 30.0 Å². The van der Waals surface area contributed by atoms with Gasteiger partial charge in [0.05, 0.1) is 4.91 Å². The van der Waals surface area contributed by atoms with Gasteiger partial charge in [-0.05, 0) is 60.9 Å². The standard InChI is InChI=1S/C24H23FN2O4S/c25-20-10-3-2-8-18(20)16-31-19-9-6-7-17(13-19)14-21-23(29)27(24(30)32-21)15-22(28)26-11-4-1-5-12-26/h2-3,6-10,13-14H,1,4-5,11-12,15-16H2/b21-14+. The van der Waals surface area contributed by atoms with Crippen molar-refractivity contribution < 1.29 is 23.5 Å². The first-order chi connectivity index (χ1) is 15.5. The van der Waals surface area contributed by atoms with Crippen molar-refractivity contribution >= 4 is 34.9 Å². The van der Waals surface area contributed by atoms with E-state index in [2.05, 4.69) is 0 Å². The molecule has 2 aliphatic rings. The van der Waals surface area contributed by atoms with Crippen LogP contribution in [0.5, 0.6) is 5.75 Å². The number of likely N-dealkylation sites (tertiary alicyclic amines) is 1. The molecule has 2 fully saturated rings. The Morgan fingerprint density at radius 1 is 1.06 bits per heavy atom. The van der Waals surface area contributed by atoms with Crippen LogP contribution in [0.15, 0.2) is 53.4 Å². The van der Waals surface area contributed by atoms with Gasteiger partial charge in [0.2, 0.25) is 5.91 Å². The van der Waals surface area contributed by atoms with Gasteiger partial charge in [0, 0.05) is 18.7 Å². The highest BCUT2D eigenvalue weighted by Crippen LogP contribution is 2.32. The summed E-state index contributed by atoms with van der Waals surface area (Å²) in [6.07, 6.45) is 4.59. The third kappa shape index (κ3) is 5.19. The van der Waals surface area contributed by atoms with Crippen molar-refractivity contribution in [3.63, 3.8) is 0 Å². The normalized spacial score (nSPS) is 17.8. The van der Waals surface area contributed by atoms with E-state index >= 15 is 0 Å². The molecule has 0 spiro atoms. The molecule has 2 saturated heterocycles. The lowest BCUT2D eigenvalue weighted by Gasteiger charge is -2.27. The first-order valence-electron chi connectivity index (χ1n) is 10.5. The Kier molecular flexibility index (Phi) is 6.90. The van der Waals surface area contributed by atoms with Crippen LogP contribution in [0, 0.1) is 5.82 Å². The zero-order valence-corrected chi connectivity index (χ0v) is 18.3. The van der Waals surface area contributed by atoms with E-state index in [0.717, 1.165) is 35.9 Å². The number of thioether (sulfide) groups is 1. The van der Waals surface area contributed by atoms with Crippen LogP contribution in [0.1, 0.15) is 30.4 Å². The molecular weight excluding hydrogens is 431 g/mol. The Hall–Kier alpha value is -3.13. The lowest BCUT2D eigenvalue weighted by Crippen LogP contribution is -2.44. The number of hydrogen-bond donors (Lipinski definition) is 0. The second-order valence-electron chi connectivity index (χ2n) is 7.66. The first kappa shape index (κ1) is 22.1. The molecule has 0 unspecified atom stereocenters.